The second-order valence-electron chi connectivity index (χ2n) is 6.03. The molecule has 0 saturated carbocycles. The predicted octanol–water partition coefficient (Wildman–Crippen LogP) is 4.00. The molecular formula is C22H17FO4S. The van der Waals surface area contributed by atoms with Gasteiger partial charge in [-0.15, -0.1) is 0 Å². The Morgan fingerprint density at radius 3 is 1.96 bits per heavy atom. The smallest absolute Gasteiger partial charge is 0.207 e. The minimum atomic E-state index is -3.91. The first-order chi connectivity index (χ1) is 13.4. The molecule has 0 aliphatic rings. The van der Waals surface area contributed by atoms with Crippen molar-refractivity contribution in [2.24, 2.45) is 0 Å². The molecule has 0 atom stereocenters. The van der Waals surface area contributed by atoms with E-state index in [0.29, 0.717) is 0 Å². The number of carbonyl (C=O) groups is 1. The van der Waals surface area contributed by atoms with Crippen LogP contribution in [0.2, 0.25) is 0 Å². The number of sulfone groups is 1. The molecule has 3 rings (SSSR count). The number of ketones is 1. The lowest BCUT2D eigenvalue weighted by Crippen LogP contribution is -2.12. The lowest BCUT2D eigenvalue weighted by molar-refractivity contribution is 0.0900. The zero-order valence-corrected chi connectivity index (χ0v) is 15.6. The number of hydrogen-bond acceptors (Lipinski definition) is 4. The van der Waals surface area contributed by atoms with Gasteiger partial charge >= 0.3 is 0 Å². The molecule has 0 heterocycles. The molecule has 0 aliphatic heterocycles. The van der Waals surface area contributed by atoms with Crippen LogP contribution < -0.4 is 0 Å². The highest BCUT2D eigenvalue weighted by molar-refractivity contribution is 7.91. The summed E-state index contributed by atoms with van der Waals surface area (Å²) in [6.07, 6.45) is 3.57. The highest BCUT2D eigenvalue weighted by atomic mass is 32.2. The standard InChI is InChI=1S/C22H17FO4S/c23-18-11-7-16(8-12-18)5-6-17-9-13-19(14-10-17)28(26,27)22-4-2-1-3-20(22)21(25)15-24/h1-14,24H,15H2. The first-order valence-corrected chi connectivity index (χ1v) is 9.92. The van der Waals surface area contributed by atoms with Crippen molar-refractivity contribution in [1.82, 2.24) is 0 Å². The van der Waals surface area contributed by atoms with E-state index in [1.54, 1.807) is 42.5 Å². The number of aliphatic hydroxyl groups is 1. The van der Waals surface area contributed by atoms with E-state index in [0.717, 1.165) is 11.1 Å². The number of halogens is 1. The van der Waals surface area contributed by atoms with Crippen molar-refractivity contribution in [3.63, 3.8) is 0 Å². The monoisotopic (exact) mass is 396 g/mol. The Bertz CT molecular complexity index is 1120. The summed E-state index contributed by atoms with van der Waals surface area (Å²) in [4.78, 5) is 11.8. The SMILES string of the molecule is O=C(CO)c1ccccc1S(=O)(=O)c1ccc(C=Cc2ccc(F)cc2)cc1. The fourth-order valence-electron chi connectivity index (χ4n) is 2.67. The van der Waals surface area contributed by atoms with Crippen molar-refractivity contribution in [3.8, 4) is 0 Å². The highest BCUT2D eigenvalue weighted by Gasteiger charge is 2.23. The van der Waals surface area contributed by atoms with Crippen molar-refractivity contribution in [1.29, 1.82) is 0 Å². The van der Waals surface area contributed by atoms with Gasteiger partial charge in [0.25, 0.3) is 0 Å². The summed E-state index contributed by atoms with van der Waals surface area (Å²) in [6, 6.07) is 18.0. The quantitative estimate of drug-likeness (QED) is 0.505. The molecule has 0 fully saturated rings. The van der Waals surface area contributed by atoms with E-state index >= 15 is 0 Å². The van der Waals surface area contributed by atoms with Crippen LogP contribution in [0, 0.1) is 5.82 Å². The molecule has 0 aliphatic carbocycles. The highest BCUT2D eigenvalue weighted by Crippen LogP contribution is 2.25. The molecule has 0 radical (unpaired) electrons. The van der Waals surface area contributed by atoms with Crippen molar-refractivity contribution in [2.75, 3.05) is 6.61 Å². The van der Waals surface area contributed by atoms with Crippen LogP contribution in [0.4, 0.5) is 4.39 Å². The molecule has 6 heteroatoms. The summed E-state index contributed by atoms with van der Waals surface area (Å²) in [5.41, 5.74) is 1.54. The van der Waals surface area contributed by atoms with Gasteiger partial charge in [-0.3, -0.25) is 4.79 Å². The zero-order chi connectivity index (χ0) is 20.1. The van der Waals surface area contributed by atoms with Gasteiger partial charge in [0, 0.05) is 5.56 Å². The Balaban J connectivity index is 1.89. The van der Waals surface area contributed by atoms with Crippen LogP contribution in [0.1, 0.15) is 21.5 Å². The van der Waals surface area contributed by atoms with Crippen LogP contribution in [-0.2, 0) is 9.84 Å². The van der Waals surface area contributed by atoms with E-state index < -0.39 is 22.2 Å². The Kier molecular flexibility index (Phi) is 5.82. The van der Waals surface area contributed by atoms with Crippen molar-refractivity contribution in [2.45, 2.75) is 9.79 Å². The Hall–Kier alpha value is -3.09. The van der Waals surface area contributed by atoms with E-state index in [2.05, 4.69) is 0 Å². The van der Waals surface area contributed by atoms with Crippen molar-refractivity contribution in [3.05, 3.63) is 95.3 Å². The van der Waals surface area contributed by atoms with E-state index in [-0.39, 0.29) is 21.2 Å². The van der Waals surface area contributed by atoms with Gasteiger partial charge in [0.1, 0.15) is 12.4 Å². The van der Waals surface area contributed by atoms with Gasteiger partial charge in [0.2, 0.25) is 9.84 Å². The lowest BCUT2D eigenvalue weighted by atomic mass is 10.1. The normalized spacial score (nSPS) is 11.6. The van der Waals surface area contributed by atoms with E-state index in [9.17, 15) is 17.6 Å². The topological polar surface area (TPSA) is 71.4 Å². The van der Waals surface area contributed by atoms with Gasteiger partial charge in [-0.1, -0.05) is 48.6 Å². The Morgan fingerprint density at radius 1 is 0.857 bits per heavy atom. The summed E-state index contributed by atoms with van der Waals surface area (Å²) in [7, 11) is -3.91. The number of carbonyl (C=O) groups excluding carboxylic acids is 1. The van der Waals surface area contributed by atoms with Crippen LogP contribution in [0.5, 0.6) is 0 Å². The van der Waals surface area contributed by atoms with E-state index in [1.807, 2.05) is 0 Å². The van der Waals surface area contributed by atoms with Gasteiger partial charge in [-0.25, -0.2) is 12.8 Å². The minimum Gasteiger partial charge on any atom is -0.388 e. The fraction of sp³-hybridized carbons (Fsp3) is 0.0455. The number of hydrogen-bond donors (Lipinski definition) is 1. The maximum absolute atomic E-state index is 12.9. The lowest BCUT2D eigenvalue weighted by Gasteiger charge is -2.09. The molecule has 3 aromatic carbocycles. The van der Waals surface area contributed by atoms with Crippen LogP contribution >= 0.6 is 0 Å². The average Bonchev–Trinajstić information content (AvgIpc) is 2.73. The van der Waals surface area contributed by atoms with Gasteiger partial charge in [0.15, 0.2) is 5.78 Å². The third kappa shape index (κ3) is 4.24. The largest absolute Gasteiger partial charge is 0.388 e. The number of Topliss-reactive ketones (excluding diaryl/α,β-unsaturated/α-hetero) is 1. The summed E-state index contributed by atoms with van der Waals surface area (Å²) < 4.78 is 38.8. The summed E-state index contributed by atoms with van der Waals surface area (Å²) in [6.45, 7) is -0.764. The zero-order valence-electron chi connectivity index (χ0n) is 14.7. The molecule has 3 aromatic rings. The number of rotatable bonds is 6. The predicted molar refractivity (Wildman–Crippen MR) is 105 cm³/mol. The third-order valence-corrected chi connectivity index (χ3v) is 5.98. The second kappa shape index (κ2) is 8.29. The molecule has 142 valence electrons. The molecule has 1 N–H and O–H groups in total. The molecule has 4 nitrogen and oxygen atoms in total. The van der Waals surface area contributed by atoms with Gasteiger partial charge in [0.05, 0.1) is 9.79 Å². The Labute approximate surface area is 162 Å². The molecule has 0 bridgehead atoms. The summed E-state index contributed by atoms with van der Waals surface area (Å²) >= 11 is 0. The molecule has 0 spiro atoms. The minimum absolute atomic E-state index is 0.0368. The first kappa shape index (κ1) is 19.7. The van der Waals surface area contributed by atoms with Gasteiger partial charge in [-0.05, 0) is 47.5 Å². The summed E-state index contributed by atoms with van der Waals surface area (Å²) in [5, 5.41) is 9.08. The maximum Gasteiger partial charge on any atom is 0.207 e. The number of benzene rings is 3. The Morgan fingerprint density at radius 2 is 1.39 bits per heavy atom. The maximum atomic E-state index is 12.9. The van der Waals surface area contributed by atoms with Crippen molar-refractivity contribution < 1.29 is 22.7 Å². The molecule has 0 unspecified atom stereocenters. The number of aliphatic hydroxyl groups excluding tert-OH is 1. The van der Waals surface area contributed by atoms with Crippen molar-refractivity contribution >= 4 is 27.8 Å². The first-order valence-electron chi connectivity index (χ1n) is 8.44. The van der Waals surface area contributed by atoms with Crippen LogP contribution in [0.3, 0.4) is 0 Å². The van der Waals surface area contributed by atoms with Crippen LogP contribution in [-0.4, -0.2) is 25.9 Å². The fourth-order valence-corrected chi connectivity index (χ4v) is 4.15. The third-order valence-electron chi connectivity index (χ3n) is 4.15. The van der Waals surface area contributed by atoms with Gasteiger partial charge in [-0.2, -0.15) is 0 Å². The molecular weight excluding hydrogens is 379 g/mol. The average molecular weight is 396 g/mol. The molecule has 0 amide bonds. The van der Waals surface area contributed by atoms with Crippen LogP contribution in [0.15, 0.2) is 82.6 Å². The second-order valence-corrected chi connectivity index (χ2v) is 7.95. The molecule has 0 aromatic heterocycles. The van der Waals surface area contributed by atoms with Crippen LogP contribution in [0.25, 0.3) is 12.2 Å². The molecule has 0 saturated heterocycles. The van der Waals surface area contributed by atoms with E-state index in [4.69, 9.17) is 5.11 Å². The van der Waals surface area contributed by atoms with Gasteiger partial charge < -0.3 is 5.11 Å². The summed E-state index contributed by atoms with van der Waals surface area (Å²) in [5.74, 6) is -0.968. The van der Waals surface area contributed by atoms with E-state index in [1.165, 1.54) is 42.5 Å². The molecule has 28 heavy (non-hydrogen) atoms.